The van der Waals surface area contributed by atoms with Crippen LogP contribution in [0.5, 0.6) is 0 Å². The molecule has 1 aliphatic carbocycles. The number of hydrogen-bond acceptors (Lipinski definition) is 5. The van der Waals surface area contributed by atoms with E-state index in [2.05, 4.69) is 21.8 Å². The molecular formula is C19H29N3O2S. The van der Waals surface area contributed by atoms with Gasteiger partial charge < -0.3 is 9.64 Å². The minimum Gasteiger partial charge on any atom is -0.378 e. The van der Waals surface area contributed by atoms with Gasteiger partial charge in [-0.1, -0.05) is 0 Å². The molecule has 6 heteroatoms. The fourth-order valence-corrected chi connectivity index (χ4v) is 5.31. The van der Waals surface area contributed by atoms with Crippen molar-refractivity contribution in [3.63, 3.8) is 0 Å². The van der Waals surface area contributed by atoms with E-state index in [0.717, 1.165) is 51.9 Å². The van der Waals surface area contributed by atoms with Crippen molar-refractivity contribution in [2.24, 2.45) is 5.41 Å². The number of amides is 1. The van der Waals surface area contributed by atoms with Gasteiger partial charge in [-0.2, -0.15) is 0 Å². The summed E-state index contributed by atoms with van der Waals surface area (Å²) >= 11 is 1.73. The van der Waals surface area contributed by atoms with Crippen LogP contribution in [-0.2, 0) is 16.1 Å². The largest absolute Gasteiger partial charge is 0.378 e. The maximum Gasteiger partial charge on any atom is 0.225 e. The molecule has 1 amide bonds. The fourth-order valence-electron chi connectivity index (χ4n) is 4.64. The highest BCUT2D eigenvalue weighted by Crippen LogP contribution is 2.56. The van der Waals surface area contributed by atoms with Crippen molar-refractivity contribution in [1.82, 2.24) is 14.8 Å². The first-order valence-electron chi connectivity index (χ1n) is 9.64. The normalized spacial score (nSPS) is 28.5. The van der Waals surface area contributed by atoms with Gasteiger partial charge in [-0.25, -0.2) is 4.98 Å². The second-order valence-corrected chi connectivity index (χ2v) is 8.98. The van der Waals surface area contributed by atoms with E-state index in [-0.39, 0.29) is 6.10 Å². The summed E-state index contributed by atoms with van der Waals surface area (Å²) in [6, 6.07) is 0.662. The summed E-state index contributed by atoms with van der Waals surface area (Å²) in [5, 5.41) is 3.25. The van der Waals surface area contributed by atoms with Crippen LogP contribution in [0.3, 0.4) is 0 Å². The molecule has 2 aliphatic heterocycles. The summed E-state index contributed by atoms with van der Waals surface area (Å²) < 4.78 is 5.73. The van der Waals surface area contributed by atoms with E-state index in [0.29, 0.717) is 23.8 Å². The van der Waals surface area contributed by atoms with Gasteiger partial charge in [0.1, 0.15) is 5.01 Å². The zero-order chi connectivity index (χ0) is 17.3. The highest BCUT2D eigenvalue weighted by Gasteiger charge is 2.56. The number of nitrogens with zero attached hydrogens (tertiary/aromatic N) is 3. The van der Waals surface area contributed by atoms with Crippen LogP contribution >= 0.6 is 11.3 Å². The molecule has 3 aliphatic rings. The van der Waals surface area contributed by atoms with Crippen LogP contribution in [0.25, 0.3) is 0 Å². The van der Waals surface area contributed by atoms with Crippen LogP contribution in [0.4, 0.5) is 0 Å². The lowest BCUT2D eigenvalue weighted by Gasteiger charge is -2.35. The zero-order valence-electron chi connectivity index (χ0n) is 15.2. The van der Waals surface area contributed by atoms with Crippen LogP contribution in [0.1, 0.15) is 50.0 Å². The first-order valence-corrected chi connectivity index (χ1v) is 10.5. The van der Waals surface area contributed by atoms with Crippen molar-refractivity contribution < 1.29 is 9.53 Å². The lowest BCUT2D eigenvalue weighted by atomic mass is 9.92. The molecule has 0 aromatic carbocycles. The summed E-state index contributed by atoms with van der Waals surface area (Å²) in [6.07, 6.45) is 9.61. The molecule has 0 bridgehead atoms. The average molecular weight is 364 g/mol. The number of carbonyl (C=O) groups excluding carboxylic acids is 1. The van der Waals surface area contributed by atoms with Crippen LogP contribution in [-0.4, -0.2) is 59.6 Å². The van der Waals surface area contributed by atoms with E-state index in [1.165, 1.54) is 17.8 Å². The first kappa shape index (κ1) is 17.4. The Morgan fingerprint density at radius 1 is 1.44 bits per heavy atom. The Kier molecular flexibility index (Phi) is 5.11. The van der Waals surface area contributed by atoms with E-state index in [4.69, 9.17) is 4.74 Å². The smallest absolute Gasteiger partial charge is 0.225 e. The van der Waals surface area contributed by atoms with Crippen molar-refractivity contribution in [3.8, 4) is 0 Å². The Morgan fingerprint density at radius 3 is 2.96 bits per heavy atom. The molecule has 138 valence electrons. The highest BCUT2D eigenvalue weighted by molar-refractivity contribution is 7.09. The number of likely N-dealkylation sites (tertiary alicyclic amines) is 1. The predicted octanol–water partition coefficient (Wildman–Crippen LogP) is 2.92. The SMILES string of the molecule is CN(Cc1nccs1)[C@H]1CC12CCN(C(=O)C[C@H]1CCCCO1)CC2. The minimum atomic E-state index is 0.162. The van der Waals surface area contributed by atoms with Gasteiger partial charge in [0.25, 0.3) is 0 Å². The quantitative estimate of drug-likeness (QED) is 0.807. The third-order valence-electron chi connectivity index (χ3n) is 6.34. The highest BCUT2D eigenvalue weighted by atomic mass is 32.1. The number of carbonyl (C=O) groups is 1. The molecule has 0 unspecified atom stereocenters. The second kappa shape index (κ2) is 7.33. The number of piperidine rings is 1. The van der Waals surface area contributed by atoms with Crippen molar-refractivity contribution >= 4 is 17.2 Å². The van der Waals surface area contributed by atoms with E-state index >= 15 is 0 Å². The van der Waals surface area contributed by atoms with E-state index in [9.17, 15) is 4.79 Å². The number of aromatic nitrogens is 1. The van der Waals surface area contributed by atoms with Gasteiger partial charge >= 0.3 is 0 Å². The molecule has 0 radical (unpaired) electrons. The van der Waals surface area contributed by atoms with Crippen molar-refractivity contribution in [2.45, 2.75) is 63.6 Å². The standard InChI is InChI=1S/C19H29N3O2S/c1-21(14-17-20-7-11-25-17)16-13-19(16)5-8-22(9-6-19)18(23)12-15-4-2-3-10-24-15/h7,11,15-16H,2-6,8-10,12-14H2,1H3/t15-,16+/m1/s1. The van der Waals surface area contributed by atoms with Gasteiger partial charge in [0.2, 0.25) is 5.91 Å². The monoisotopic (exact) mass is 363 g/mol. The Labute approximate surface area is 154 Å². The molecule has 0 N–H and O–H groups in total. The Bertz CT molecular complexity index is 577. The predicted molar refractivity (Wildman–Crippen MR) is 98.4 cm³/mol. The molecule has 25 heavy (non-hydrogen) atoms. The van der Waals surface area contributed by atoms with Gasteiger partial charge in [-0.15, -0.1) is 11.3 Å². The second-order valence-electron chi connectivity index (χ2n) is 8.00. The van der Waals surface area contributed by atoms with Gasteiger partial charge in [-0.3, -0.25) is 9.69 Å². The molecular weight excluding hydrogens is 334 g/mol. The van der Waals surface area contributed by atoms with Crippen molar-refractivity contribution in [2.75, 3.05) is 26.7 Å². The molecule has 1 saturated carbocycles. The van der Waals surface area contributed by atoms with Gasteiger partial charge in [0.05, 0.1) is 19.1 Å². The Morgan fingerprint density at radius 2 is 2.28 bits per heavy atom. The summed E-state index contributed by atoms with van der Waals surface area (Å²) in [5.74, 6) is 0.301. The zero-order valence-corrected chi connectivity index (χ0v) is 16.0. The van der Waals surface area contributed by atoms with Gasteiger partial charge in [0, 0.05) is 37.3 Å². The topological polar surface area (TPSA) is 45.7 Å². The number of hydrogen-bond donors (Lipinski definition) is 0. The minimum absolute atomic E-state index is 0.162. The molecule has 2 saturated heterocycles. The van der Waals surface area contributed by atoms with E-state index < -0.39 is 0 Å². The van der Waals surface area contributed by atoms with Gasteiger partial charge in [-0.05, 0) is 51.0 Å². The Hall–Kier alpha value is -0.980. The molecule has 4 rings (SSSR count). The summed E-state index contributed by atoms with van der Waals surface area (Å²) in [6.45, 7) is 3.63. The third-order valence-corrected chi connectivity index (χ3v) is 7.10. The third kappa shape index (κ3) is 3.91. The van der Waals surface area contributed by atoms with Gasteiger partial charge in [0.15, 0.2) is 0 Å². The first-order chi connectivity index (χ1) is 12.2. The van der Waals surface area contributed by atoms with Crippen molar-refractivity contribution in [1.29, 1.82) is 0 Å². The van der Waals surface area contributed by atoms with E-state index in [1.54, 1.807) is 11.3 Å². The molecule has 1 aromatic rings. The summed E-state index contributed by atoms with van der Waals surface area (Å²) in [5.41, 5.74) is 0.449. The van der Waals surface area contributed by atoms with Crippen LogP contribution < -0.4 is 0 Å². The Balaban J connectivity index is 1.24. The molecule has 3 heterocycles. The molecule has 1 aromatic heterocycles. The molecule has 5 nitrogen and oxygen atoms in total. The summed E-state index contributed by atoms with van der Waals surface area (Å²) in [4.78, 5) is 21.5. The number of ether oxygens (including phenoxy) is 1. The lowest BCUT2D eigenvalue weighted by molar-refractivity contribution is -0.136. The van der Waals surface area contributed by atoms with Crippen molar-refractivity contribution in [3.05, 3.63) is 16.6 Å². The fraction of sp³-hybridized carbons (Fsp3) is 0.789. The lowest BCUT2D eigenvalue weighted by Crippen LogP contribution is -2.42. The van der Waals surface area contributed by atoms with E-state index in [1.807, 2.05) is 11.6 Å². The molecule has 3 fully saturated rings. The molecule has 2 atom stereocenters. The molecule has 1 spiro atoms. The maximum atomic E-state index is 12.6. The van der Waals surface area contributed by atoms with Crippen LogP contribution in [0.15, 0.2) is 11.6 Å². The summed E-state index contributed by atoms with van der Waals surface area (Å²) in [7, 11) is 2.22. The maximum absolute atomic E-state index is 12.6. The van der Waals surface area contributed by atoms with Crippen LogP contribution in [0, 0.1) is 5.41 Å². The average Bonchev–Trinajstić information content (AvgIpc) is 3.08. The van der Waals surface area contributed by atoms with Crippen LogP contribution in [0.2, 0.25) is 0 Å². The number of rotatable bonds is 5. The number of thiazole rings is 1.